The summed E-state index contributed by atoms with van der Waals surface area (Å²) in [4.78, 5) is 37.0. The average molecular weight is 437 g/mol. The van der Waals surface area contributed by atoms with Crippen LogP contribution in [0, 0.1) is 11.6 Å². The van der Waals surface area contributed by atoms with E-state index in [0.717, 1.165) is 19.2 Å². The van der Waals surface area contributed by atoms with Crippen molar-refractivity contribution in [1.82, 2.24) is 5.32 Å². The quantitative estimate of drug-likeness (QED) is 0.518. The molecule has 31 heavy (non-hydrogen) atoms. The molecule has 0 aromatic heterocycles. The topological polar surface area (TPSA) is 90.9 Å². The van der Waals surface area contributed by atoms with Crippen LogP contribution in [0.3, 0.4) is 0 Å². The summed E-state index contributed by atoms with van der Waals surface area (Å²) in [6.07, 6.45) is 0.175. The zero-order valence-corrected chi connectivity index (χ0v) is 18.1. The van der Waals surface area contributed by atoms with Gasteiger partial charge in [0.15, 0.2) is 0 Å². The molecule has 2 rings (SSSR count). The molecule has 1 aromatic rings. The minimum absolute atomic E-state index is 0.00294. The maximum Gasteiger partial charge on any atom is 0.336 e. The van der Waals surface area contributed by atoms with Gasteiger partial charge in [-0.15, -0.1) is 0 Å². The van der Waals surface area contributed by atoms with E-state index in [9.17, 15) is 23.2 Å². The van der Waals surface area contributed by atoms with Crippen LogP contribution in [0.1, 0.15) is 44.7 Å². The molecule has 0 bridgehead atoms. The maximum atomic E-state index is 14.6. The zero-order chi connectivity index (χ0) is 23.3. The molecular weight excluding hydrogens is 412 g/mol. The molecule has 0 saturated heterocycles. The number of ether oxygens (including phenoxy) is 3. The second-order valence-corrected chi connectivity index (χ2v) is 6.79. The summed E-state index contributed by atoms with van der Waals surface area (Å²) in [5, 5.41) is 2.89. The molecule has 1 N–H and O–H groups in total. The summed E-state index contributed by atoms with van der Waals surface area (Å²) in [7, 11) is 1.16. The number of hydrogen-bond donors (Lipinski definition) is 1. The smallest absolute Gasteiger partial charge is 0.336 e. The molecule has 0 aliphatic carbocycles. The van der Waals surface area contributed by atoms with Crippen LogP contribution >= 0.6 is 0 Å². The number of benzene rings is 1. The van der Waals surface area contributed by atoms with E-state index >= 15 is 0 Å². The van der Waals surface area contributed by atoms with Gasteiger partial charge in [0.05, 0.1) is 36.5 Å². The van der Waals surface area contributed by atoms with E-state index in [4.69, 9.17) is 14.2 Å². The Bertz CT molecular complexity index is 967. The highest BCUT2D eigenvalue weighted by Crippen LogP contribution is 2.41. The zero-order valence-electron chi connectivity index (χ0n) is 18.1. The lowest BCUT2D eigenvalue weighted by Gasteiger charge is -2.32. The molecule has 168 valence electrons. The molecule has 0 saturated carbocycles. The van der Waals surface area contributed by atoms with E-state index in [0.29, 0.717) is 5.70 Å². The van der Waals surface area contributed by atoms with Crippen molar-refractivity contribution < 1.29 is 37.4 Å². The van der Waals surface area contributed by atoms with E-state index in [1.54, 1.807) is 20.8 Å². The predicted octanol–water partition coefficient (Wildman–Crippen LogP) is 3.04. The summed E-state index contributed by atoms with van der Waals surface area (Å²) in [5.41, 5.74) is 0.570. The van der Waals surface area contributed by atoms with Crippen LogP contribution in [0.5, 0.6) is 0 Å². The van der Waals surface area contributed by atoms with Gasteiger partial charge in [0, 0.05) is 18.7 Å². The van der Waals surface area contributed by atoms with E-state index in [2.05, 4.69) is 5.32 Å². The summed E-state index contributed by atoms with van der Waals surface area (Å²) in [6.45, 7) is 5.70. The molecule has 1 aliphatic rings. The van der Waals surface area contributed by atoms with Gasteiger partial charge in [-0.2, -0.15) is 0 Å². The number of allylic oxidation sites excluding steroid dienone is 1. The Kier molecular flexibility index (Phi) is 7.90. The van der Waals surface area contributed by atoms with Crippen molar-refractivity contribution in [3.05, 3.63) is 57.4 Å². The second kappa shape index (κ2) is 10.2. The van der Waals surface area contributed by atoms with Gasteiger partial charge in [-0.25, -0.2) is 18.4 Å². The lowest BCUT2D eigenvalue weighted by atomic mass is 9.78. The van der Waals surface area contributed by atoms with E-state index < -0.39 is 35.5 Å². The molecule has 0 radical (unpaired) electrons. The van der Waals surface area contributed by atoms with Crippen LogP contribution in [-0.2, 0) is 35.0 Å². The first-order valence-corrected chi connectivity index (χ1v) is 9.73. The Hall–Kier alpha value is -3.23. The number of carbonyl (C=O) groups is 3. The molecule has 1 aromatic carbocycles. The lowest BCUT2D eigenvalue weighted by molar-refractivity contribution is -0.142. The largest absolute Gasteiger partial charge is 0.466 e. The monoisotopic (exact) mass is 437 g/mol. The van der Waals surface area contributed by atoms with Crippen molar-refractivity contribution in [2.24, 2.45) is 0 Å². The molecule has 1 aliphatic heterocycles. The van der Waals surface area contributed by atoms with Gasteiger partial charge in [0.1, 0.15) is 18.2 Å². The molecule has 1 heterocycles. The van der Waals surface area contributed by atoms with E-state index in [-0.39, 0.29) is 47.6 Å². The minimum atomic E-state index is -1.20. The highest BCUT2D eigenvalue weighted by Gasteiger charge is 2.40. The molecule has 0 spiro atoms. The number of methoxy groups -OCH3 is 1. The minimum Gasteiger partial charge on any atom is -0.466 e. The Balaban J connectivity index is 2.87. The number of nitrogens with one attached hydrogen (secondary N) is 1. The summed E-state index contributed by atoms with van der Waals surface area (Å²) in [5.74, 6) is -5.06. The standard InChI is InChI=1S/C22H25F2NO6/c1-6-14-15(8-13(23)9-16(14)24)19-18(21(27)29-5)11(3)25-17(10-31-12(4)26)20(19)22(28)30-7-2/h8-9,19,25H,6-7,10H2,1-5H3. The van der Waals surface area contributed by atoms with Gasteiger partial charge in [0.25, 0.3) is 0 Å². The van der Waals surface area contributed by atoms with Crippen LogP contribution in [0.25, 0.3) is 0 Å². The molecule has 0 fully saturated rings. The fourth-order valence-electron chi connectivity index (χ4n) is 3.58. The molecule has 9 heteroatoms. The average Bonchev–Trinajstić information content (AvgIpc) is 2.70. The lowest BCUT2D eigenvalue weighted by Crippen LogP contribution is -2.35. The van der Waals surface area contributed by atoms with Crippen molar-refractivity contribution in [3.8, 4) is 0 Å². The van der Waals surface area contributed by atoms with Crippen LogP contribution in [0.4, 0.5) is 8.78 Å². The third-order valence-corrected chi connectivity index (χ3v) is 4.82. The van der Waals surface area contributed by atoms with E-state index in [1.165, 1.54) is 6.92 Å². The first-order chi connectivity index (χ1) is 14.7. The second-order valence-electron chi connectivity index (χ2n) is 6.79. The van der Waals surface area contributed by atoms with Crippen LogP contribution in [0.2, 0.25) is 0 Å². The van der Waals surface area contributed by atoms with Crippen LogP contribution < -0.4 is 5.32 Å². The summed E-state index contributed by atoms with van der Waals surface area (Å²) < 4.78 is 43.9. The van der Waals surface area contributed by atoms with Gasteiger partial charge in [-0.05, 0) is 37.5 Å². The Morgan fingerprint density at radius 1 is 1.06 bits per heavy atom. The van der Waals surface area contributed by atoms with Gasteiger partial charge in [-0.1, -0.05) is 6.92 Å². The number of rotatable bonds is 7. The van der Waals surface area contributed by atoms with Crippen molar-refractivity contribution in [2.45, 2.75) is 40.0 Å². The van der Waals surface area contributed by atoms with Crippen LogP contribution in [-0.4, -0.2) is 38.2 Å². The van der Waals surface area contributed by atoms with Gasteiger partial charge in [0.2, 0.25) is 0 Å². The molecule has 7 nitrogen and oxygen atoms in total. The van der Waals surface area contributed by atoms with Gasteiger partial charge >= 0.3 is 17.9 Å². The normalized spacial score (nSPS) is 16.0. The third-order valence-electron chi connectivity index (χ3n) is 4.82. The summed E-state index contributed by atoms with van der Waals surface area (Å²) >= 11 is 0. The fourth-order valence-corrected chi connectivity index (χ4v) is 3.58. The summed E-state index contributed by atoms with van der Waals surface area (Å²) in [6, 6.07) is 1.82. The molecule has 1 unspecified atom stereocenters. The Labute approximate surface area is 179 Å². The SMILES string of the molecule is CCOC(=O)C1=C(COC(C)=O)NC(C)=C(C(=O)OC)C1c1cc(F)cc(F)c1CC. The highest BCUT2D eigenvalue weighted by molar-refractivity contribution is 6.00. The Morgan fingerprint density at radius 3 is 2.29 bits per heavy atom. The maximum absolute atomic E-state index is 14.6. The fraction of sp³-hybridized carbons (Fsp3) is 0.409. The van der Waals surface area contributed by atoms with Crippen molar-refractivity contribution in [2.75, 3.05) is 20.3 Å². The van der Waals surface area contributed by atoms with E-state index in [1.807, 2.05) is 0 Å². The number of halogens is 2. The number of esters is 3. The molecule has 1 atom stereocenters. The highest BCUT2D eigenvalue weighted by atomic mass is 19.1. The number of hydrogen-bond acceptors (Lipinski definition) is 7. The molecular formula is C22H25F2NO6. The number of dihydropyridines is 1. The van der Waals surface area contributed by atoms with Gasteiger partial charge in [-0.3, -0.25) is 4.79 Å². The molecule has 0 amide bonds. The van der Waals surface area contributed by atoms with Crippen molar-refractivity contribution >= 4 is 17.9 Å². The van der Waals surface area contributed by atoms with Crippen molar-refractivity contribution in [1.29, 1.82) is 0 Å². The van der Waals surface area contributed by atoms with Crippen LogP contribution in [0.15, 0.2) is 34.7 Å². The van der Waals surface area contributed by atoms with Crippen molar-refractivity contribution in [3.63, 3.8) is 0 Å². The van der Waals surface area contributed by atoms with Gasteiger partial charge < -0.3 is 19.5 Å². The predicted molar refractivity (Wildman–Crippen MR) is 107 cm³/mol. The Morgan fingerprint density at radius 2 is 1.74 bits per heavy atom. The third kappa shape index (κ3) is 5.10. The number of carbonyl (C=O) groups excluding carboxylic acids is 3. The first kappa shape index (κ1) is 24.0. The first-order valence-electron chi connectivity index (χ1n) is 9.73.